The number of hydrogen-bond acceptors (Lipinski definition) is 5. The molecule has 8 nitrogen and oxygen atoms in total. The third kappa shape index (κ3) is 5.12. The first-order chi connectivity index (χ1) is 14.9. The number of carbonyl (C=O) groups excluding carboxylic acids is 1. The molecule has 0 aliphatic carbocycles. The highest BCUT2D eigenvalue weighted by Crippen LogP contribution is 2.28. The number of anilines is 1. The molecule has 9 heteroatoms. The van der Waals surface area contributed by atoms with Crippen molar-refractivity contribution in [1.82, 2.24) is 14.1 Å². The zero-order chi connectivity index (χ0) is 22.4. The molecule has 3 aromatic rings. The van der Waals surface area contributed by atoms with E-state index in [4.69, 9.17) is 4.74 Å². The molecule has 0 bridgehead atoms. The Labute approximate surface area is 182 Å². The summed E-state index contributed by atoms with van der Waals surface area (Å²) >= 11 is 0. The minimum absolute atomic E-state index is 0.0360. The smallest absolute Gasteiger partial charge is 0.255 e. The number of methoxy groups -OCH3 is 1. The Balaban J connectivity index is 1.81. The van der Waals surface area contributed by atoms with Gasteiger partial charge in [0.05, 0.1) is 25.5 Å². The summed E-state index contributed by atoms with van der Waals surface area (Å²) in [5.41, 5.74) is 1.82. The van der Waals surface area contributed by atoms with Gasteiger partial charge in [-0.3, -0.25) is 9.48 Å². The Kier molecular flexibility index (Phi) is 7.09. The third-order valence-corrected chi connectivity index (χ3v) is 6.90. The lowest BCUT2D eigenvalue weighted by Crippen LogP contribution is -2.31. The molecule has 164 valence electrons. The normalized spacial score (nSPS) is 11.5. The van der Waals surface area contributed by atoms with Crippen molar-refractivity contribution >= 4 is 21.6 Å². The van der Waals surface area contributed by atoms with E-state index in [0.29, 0.717) is 25.3 Å². The molecule has 1 N–H and O–H groups in total. The van der Waals surface area contributed by atoms with Crippen LogP contribution in [0, 0.1) is 0 Å². The van der Waals surface area contributed by atoms with Crippen LogP contribution in [0.2, 0.25) is 0 Å². The van der Waals surface area contributed by atoms with E-state index >= 15 is 0 Å². The van der Waals surface area contributed by atoms with Crippen LogP contribution in [0.25, 0.3) is 0 Å². The van der Waals surface area contributed by atoms with Crippen molar-refractivity contribution in [2.45, 2.75) is 25.3 Å². The van der Waals surface area contributed by atoms with Gasteiger partial charge in [0.15, 0.2) is 0 Å². The highest BCUT2D eigenvalue weighted by molar-refractivity contribution is 7.89. The Morgan fingerprint density at radius 3 is 2.48 bits per heavy atom. The van der Waals surface area contributed by atoms with E-state index in [2.05, 4.69) is 10.4 Å². The molecule has 1 aromatic heterocycles. The summed E-state index contributed by atoms with van der Waals surface area (Å²) in [4.78, 5) is 12.7. The maximum absolute atomic E-state index is 13.0. The van der Waals surface area contributed by atoms with Gasteiger partial charge in [-0.25, -0.2) is 8.42 Å². The average Bonchev–Trinajstić information content (AvgIpc) is 3.21. The number of benzene rings is 2. The summed E-state index contributed by atoms with van der Waals surface area (Å²) in [6.45, 7) is 4.73. The van der Waals surface area contributed by atoms with Crippen LogP contribution in [-0.4, -0.2) is 48.6 Å². The molecule has 0 atom stereocenters. The molecule has 1 heterocycles. The van der Waals surface area contributed by atoms with E-state index in [1.54, 1.807) is 30.9 Å². The molecule has 3 rings (SSSR count). The molecule has 1 amide bonds. The quantitative estimate of drug-likeness (QED) is 0.549. The standard InChI is InChI=1S/C22H26N4O4S/c1-4-26(5-2)31(28,29)21-13-18(11-12-20(21)30-3)22(27)24-19-14-23-25(16-19)15-17-9-7-6-8-10-17/h6-14,16H,4-5,15H2,1-3H3,(H,24,27). The second-order valence-electron chi connectivity index (χ2n) is 6.82. The Hall–Kier alpha value is -3.17. The van der Waals surface area contributed by atoms with E-state index in [9.17, 15) is 13.2 Å². The van der Waals surface area contributed by atoms with Crippen LogP contribution in [0.5, 0.6) is 5.75 Å². The molecule has 0 spiro atoms. The summed E-state index contributed by atoms with van der Waals surface area (Å²) in [5.74, 6) is -0.239. The van der Waals surface area contributed by atoms with Gasteiger partial charge in [0.2, 0.25) is 10.0 Å². The van der Waals surface area contributed by atoms with Crippen molar-refractivity contribution in [3.8, 4) is 5.75 Å². The number of aromatic nitrogens is 2. The maximum Gasteiger partial charge on any atom is 0.255 e. The van der Waals surface area contributed by atoms with Crippen LogP contribution in [-0.2, 0) is 16.6 Å². The fourth-order valence-electron chi connectivity index (χ4n) is 3.21. The first-order valence-electron chi connectivity index (χ1n) is 9.95. The first kappa shape index (κ1) is 22.5. The molecule has 0 unspecified atom stereocenters. The second-order valence-corrected chi connectivity index (χ2v) is 8.73. The van der Waals surface area contributed by atoms with Crippen LogP contribution in [0.1, 0.15) is 29.8 Å². The lowest BCUT2D eigenvalue weighted by molar-refractivity contribution is 0.102. The maximum atomic E-state index is 13.0. The number of hydrogen-bond donors (Lipinski definition) is 1. The van der Waals surface area contributed by atoms with Crippen molar-refractivity contribution in [3.05, 3.63) is 72.1 Å². The van der Waals surface area contributed by atoms with Crippen LogP contribution >= 0.6 is 0 Å². The van der Waals surface area contributed by atoms with Crippen molar-refractivity contribution in [1.29, 1.82) is 0 Å². The van der Waals surface area contributed by atoms with Gasteiger partial charge in [-0.2, -0.15) is 9.40 Å². The van der Waals surface area contributed by atoms with Gasteiger partial charge in [-0.1, -0.05) is 44.2 Å². The van der Waals surface area contributed by atoms with Crippen LogP contribution < -0.4 is 10.1 Å². The molecular weight excluding hydrogens is 416 g/mol. The van der Waals surface area contributed by atoms with Gasteiger partial charge in [0.1, 0.15) is 10.6 Å². The fourth-order valence-corrected chi connectivity index (χ4v) is 4.85. The molecule has 0 fully saturated rings. The molecular formula is C22H26N4O4S. The Bertz CT molecular complexity index is 1140. The summed E-state index contributed by atoms with van der Waals surface area (Å²) in [7, 11) is -2.39. The van der Waals surface area contributed by atoms with E-state index < -0.39 is 15.9 Å². The monoisotopic (exact) mass is 442 g/mol. The number of nitrogens with one attached hydrogen (secondary N) is 1. The second kappa shape index (κ2) is 9.76. The van der Waals surface area contributed by atoms with Gasteiger partial charge in [-0.05, 0) is 23.8 Å². The number of sulfonamides is 1. The van der Waals surface area contributed by atoms with E-state index in [1.807, 2.05) is 30.3 Å². The van der Waals surface area contributed by atoms with Crippen LogP contribution in [0.15, 0.2) is 65.8 Å². The van der Waals surface area contributed by atoms with Gasteiger partial charge in [0.25, 0.3) is 5.91 Å². The van der Waals surface area contributed by atoms with Crippen molar-refractivity contribution in [2.75, 3.05) is 25.5 Å². The van der Waals surface area contributed by atoms with Crippen molar-refractivity contribution in [2.24, 2.45) is 0 Å². The van der Waals surface area contributed by atoms with Gasteiger partial charge in [0, 0.05) is 24.8 Å². The minimum Gasteiger partial charge on any atom is -0.495 e. The van der Waals surface area contributed by atoms with Crippen molar-refractivity contribution < 1.29 is 17.9 Å². The third-order valence-electron chi connectivity index (χ3n) is 4.83. The number of nitrogens with zero attached hydrogens (tertiary/aromatic N) is 3. The Morgan fingerprint density at radius 2 is 1.84 bits per heavy atom. The van der Waals surface area contributed by atoms with Gasteiger partial charge in [-0.15, -0.1) is 0 Å². The van der Waals surface area contributed by atoms with Gasteiger partial charge >= 0.3 is 0 Å². The van der Waals surface area contributed by atoms with Crippen LogP contribution in [0.4, 0.5) is 5.69 Å². The summed E-state index contributed by atoms with van der Waals surface area (Å²) in [5, 5.41) is 7.03. The van der Waals surface area contributed by atoms with Crippen LogP contribution in [0.3, 0.4) is 0 Å². The molecule has 0 aliphatic heterocycles. The highest BCUT2D eigenvalue weighted by atomic mass is 32.2. The fraction of sp³-hybridized carbons (Fsp3) is 0.273. The van der Waals surface area contributed by atoms with E-state index in [-0.39, 0.29) is 16.2 Å². The molecule has 0 aliphatic rings. The Morgan fingerprint density at radius 1 is 1.13 bits per heavy atom. The van der Waals surface area contributed by atoms with E-state index in [0.717, 1.165) is 5.56 Å². The van der Waals surface area contributed by atoms with Crippen molar-refractivity contribution in [3.63, 3.8) is 0 Å². The number of ether oxygens (including phenoxy) is 1. The average molecular weight is 443 g/mol. The first-order valence-corrected chi connectivity index (χ1v) is 11.4. The zero-order valence-corrected chi connectivity index (χ0v) is 18.6. The molecule has 0 saturated carbocycles. The number of carbonyl (C=O) groups is 1. The van der Waals surface area contributed by atoms with Gasteiger partial charge < -0.3 is 10.1 Å². The number of rotatable bonds is 9. The predicted octanol–water partition coefficient (Wildman–Crippen LogP) is 3.22. The largest absolute Gasteiger partial charge is 0.495 e. The number of amides is 1. The molecule has 0 saturated heterocycles. The zero-order valence-electron chi connectivity index (χ0n) is 17.8. The highest BCUT2D eigenvalue weighted by Gasteiger charge is 2.27. The molecule has 31 heavy (non-hydrogen) atoms. The lowest BCUT2D eigenvalue weighted by Gasteiger charge is -2.20. The predicted molar refractivity (Wildman–Crippen MR) is 119 cm³/mol. The summed E-state index contributed by atoms with van der Waals surface area (Å²) in [6, 6.07) is 14.2. The molecule has 0 radical (unpaired) electrons. The topological polar surface area (TPSA) is 93.5 Å². The lowest BCUT2D eigenvalue weighted by atomic mass is 10.2. The van der Waals surface area contributed by atoms with E-state index in [1.165, 1.54) is 29.6 Å². The minimum atomic E-state index is -3.79. The summed E-state index contributed by atoms with van der Waals surface area (Å²) in [6.07, 6.45) is 3.28. The SMILES string of the molecule is CCN(CC)S(=O)(=O)c1cc(C(=O)Nc2cnn(Cc3ccccc3)c2)ccc1OC. The molecule has 2 aromatic carbocycles. The summed E-state index contributed by atoms with van der Waals surface area (Å²) < 4.78 is 34.2.